The number of carbonyl (C=O) groups excluding carboxylic acids is 2. The Morgan fingerprint density at radius 1 is 1.40 bits per heavy atom. The van der Waals surface area contributed by atoms with Gasteiger partial charge in [-0.25, -0.2) is 4.39 Å². The van der Waals surface area contributed by atoms with E-state index in [-0.39, 0.29) is 11.7 Å². The first-order valence-corrected chi connectivity index (χ1v) is 6.54. The summed E-state index contributed by atoms with van der Waals surface area (Å²) < 4.78 is 14.1. The largest absolute Gasteiger partial charge is 0.393 e. The molecule has 2 aliphatic rings. The Kier molecular flexibility index (Phi) is 2.97. The van der Waals surface area contributed by atoms with Crippen LogP contribution in [0.3, 0.4) is 0 Å². The summed E-state index contributed by atoms with van der Waals surface area (Å²) in [6.45, 7) is 0.634. The van der Waals surface area contributed by atoms with Crippen LogP contribution < -0.4 is 10.2 Å². The minimum Gasteiger partial charge on any atom is -0.393 e. The van der Waals surface area contributed by atoms with Crippen molar-refractivity contribution in [3.63, 3.8) is 0 Å². The Balaban J connectivity index is 1.82. The molecule has 0 spiro atoms. The fourth-order valence-corrected chi connectivity index (χ4v) is 2.78. The smallest absolute Gasteiger partial charge is 0.296 e. The van der Waals surface area contributed by atoms with E-state index in [9.17, 15) is 19.1 Å². The molecular weight excluding hydrogens is 263 g/mol. The molecule has 2 N–H and O–H groups in total. The number of nitrogens with zero attached hydrogens (tertiary/aromatic N) is 1. The lowest BCUT2D eigenvalue weighted by Gasteiger charge is -2.35. The monoisotopic (exact) mass is 278 g/mol. The van der Waals surface area contributed by atoms with Crippen LogP contribution in [0.5, 0.6) is 0 Å². The molecule has 0 bridgehead atoms. The van der Waals surface area contributed by atoms with Crippen molar-refractivity contribution in [1.29, 1.82) is 0 Å². The number of hydrogen-bond acceptors (Lipinski definition) is 4. The van der Waals surface area contributed by atoms with Crippen molar-refractivity contribution < 1.29 is 19.1 Å². The van der Waals surface area contributed by atoms with Crippen LogP contribution in [0, 0.1) is 11.7 Å². The molecule has 1 heterocycles. The number of aliphatic hydroxyl groups is 1. The number of benzene rings is 1. The number of halogens is 1. The Bertz CT molecular complexity index is 596. The summed E-state index contributed by atoms with van der Waals surface area (Å²) in [6.07, 6.45) is 1.22. The summed E-state index contributed by atoms with van der Waals surface area (Å²) in [4.78, 5) is 24.5. The number of amides is 1. The van der Waals surface area contributed by atoms with Gasteiger partial charge < -0.3 is 15.3 Å². The fraction of sp³-hybridized carbons (Fsp3) is 0.429. The fourth-order valence-electron chi connectivity index (χ4n) is 2.78. The van der Waals surface area contributed by atoms with Gasteiger partial charge in [-0.3, -0.25) is 9.59 Å². The van der Waals surface area contributed by atoms with Crippen molar-refractivity contribution in [2.75, 3.05) is 23.8 Å². The number of rotatable bonds is 3. The Morgan fingerprint density at radius 3 is 2.75 bits per heavy atom. The number of ketones is 1. The predicted molar refractivity (Wildman–Crippen MR) is 71.4 cm³/mol. The van der Waals surface area contributed by atoms with Crippen molar-refractivity contribution >= 4 is 23.1 Å². The lowest BCUT2D eigenvalue weighted by Crippen LogP contribution is -2.37. The van der Waals surface area contributed by atoms with Crippen LogP contribution in [0.2, 0.25) is 0 Å². The first kappa shape index (κ1) is 13.1. The highest BCUT2D eigenvalue weighted by molar-refractivity contribution is 6.51. The number of carbonyl (C=O) groups is 2. The molecule has 1 aliphatic carbocycles. The van der Waals surface area contributed by atoms with Gasteiger partial charge in [0.2, 0.25) is 0 Å². The summed E-state index contributed by atoms with van der Waals surface area (Å²) in [6, 6.07) is 2.60. The quantitative estimate of drug-likeness (QED) is 0.814. The zero-order valence-electron chi connectivity index (χ0n) is 11.0. The zero-order valence-corrected chi connectivity index (χ0v) is 11.0. The third-order valence-electron chi connectivity index (χ3n) is 3.94. The molecule has 0 unspecified atom stereocenters. The topological polar surface area (TPSA) is 69.6 Å². The Morgan fingerprint density at radius 2 is 2.10 bits per heavy atom. The molecule has 0 aromatic heterocycles. The minimum atomic E-state index is -0.721. The molecule has 106 valence electrons. The van der Waals surface area contributed by atoms with E-state index in [1.165, 1.54) is 6.07 Å². The molecule has 3 rings (SSSR count). The third-order valence-corrected chi connectivity index (χ3v) is 3.94. The molecule has 0 atom stereocenters. The van der Waals surface area contributed by atoms with Gasteiger partial charge in [-0.15, -0.1) is 0 Å². The molecular formula is C14H15FN2O3. The van der Waals surface area contributed by atoms with Crippen LogP contribution in [-0.2, 0) is 4.79 Å². The van der Waals surface area contributed by atoms with E-state index in [0.29, 0.717) is 23.8 Å². The molecule has 20 heavy (non-hydrogen) atoms. The number of hydrogen-bond donors (Lipinski definition) is 2. The van der Waals surface area contributed by atoms with E-state index >= 15 is 0 Å². The van der Waals surface area contributed by atoms with E-state index in [1.54, 1.807) is 11.9 Å². The van der Waals surface area contributed by atoms with Crippen LogP contribution in [0.1, 0.15) is 23.2 Å². The standard InChI is InChI=1S/C14H15FN2O3/c1-17(6-7-2-8(18)3-7)12-5-11-9(4-10(12)15)13(19)14(20)16-11/h4-5,7-8,18H,2-3,6H2,1H3,(H,16,19,20). The molecule has 1 aromatic rings. The van der Waals surface area contributed by atoms with Gasteiger partial charge in [0, 0.05) is 13.6 Å². The minimum absolute atomic E-state index is 0.0868. The molecule has 0 radical (unpaired) electrons. The number of fused-ring (bicyclic) bond motifs is 1. The van der Waals surface area contributed by atoms with Crippen molar-refractivity contribution in [3.8, 4) is 0 Å². The molecule has 5 nitrogen and oxygen atoms in total. The SMILES string of the molecule is CN(CC1CC(O)C1)c1cc2c(cc1F)C(=O)C(=O)N2. The highest BCUT2D eigenvalue weighted by atomic mass is 19.1. The summed E-state index contributed by atoms with van der Waals surface area (Å²) in [5.41, 5.74) is 0.792. The van der Waals surface area contributed by atoms with Gasteiger partial charge in [0.05, 0.1) is 23.0 Å². The molecule has 1 amide bonds. The molecule has 1 saturated carbocycles. The van der Waals surface area contributed by atoms with Gasteiger partial charge in [0.25, 0.3) is 11.7 Å². The van der Waals surface area contributed by atoms with Crippen LogP contribution in [0.15, 0.2) is 12.1 Å². The highest BCUT2D eigenvalue weighted by Gasteiger charge is 2.31. The van der Waals surface area contributed by atoms with Crippen LogP contribution in [0.25, 0.3) is 0 Å². The number of aliphatic hydroxyl groups excluding tert-OH is 1. The van der Waals surface area contributed by atoms with Crippen molar-refractivity contribution in [1.82, 2.24) is 0 Å². The normalized spacial score (nSPS) is 24.1. The van der Waals surface area contributed by atoms with Gasteiger partial charge in [-0.1, -0.05) is 0 Å². The second-order valence-electron chi connectivity index (χ2n) is 5.50. The molecule has 0 saturated heterocycles. The Labute approximate surface area is 115 Å². The van der Waals surface area contributed by atoms with Crippen LogP contribution >= 0.6 is 0 Å². The van der Waals surface area contributed by atoms with Crippen LogP contribution in [-0.4, -0.2) is 36.5 Å². The van der Waals surface area contributed by atoms with Gasteiger partial charge in [0.1, 0.15) is 5.82 Å². The van der Waals surface area contributed by atoms with Gasteiger partial charge in [-0.05, 0) is 30.9 Å². The van der Waals surface area contributed by atoms with Gasteiger partial charge in [0.15, 0.2) is 0 Å². The summed E-state index contributed by atoms with van der Waals surface area (Å²) in [7, 11) is 1.76. The molecule has 1 fully saturated rings. The first-order chi connectivity index (χ1) is 9.45. The average Bonchev–Trinajstić information content (AvgIpc) is 2.63. The second-order valence-corrected chi connectivity index (χ2v) is 5.50. The number of Topliss-reactive ketones (excluding diaryl/α,β-unsaturated/α-hetero) is 1. The highest BCUT2D eigenvalue weighted by Crippen LogP contribution is 2.33. The van der Waals surface area contributed by atoms with E-state index in [1.807, 2.05) is 0 Å². The van der Waals surface area contributed by atoms with E-state index in [4.69, 9.17) is 0 Å². The average molecular weight is 278 g/mol. The molecule has 1 aliphatic heterocycles. The number of nitrogens with one attached hydrogen (secondary N) is 1. The lowest BCUT2D eigenvalue weighted by molar-refractivity contribution is -0.112. The number of anilines is 2. The summed E-state index contributed by atoms with van der Waals surface area (Å²) in [5.74, 6) is -1.59. The second kappa shape index (κ2) is 4.56. The zero-order chi connectivity index (χ0) is 14.4. The predicted octanol–water partition coefficient (Wildman–Crippen LogP) is 1.17. The summed E-state index contributed by atoms with van der Waals surface area (Å²) >= 11 is 0. The lowest BCUT2D eigenvalue weighted by atomic mass is 9.82. The maximum Gasteiger partial charge on any atom is 0.296 e. The Hall–Kier alpha value is -1.95. The van der Waals surface area contributed by atoms with Crippen molar-refractivity contribution in [3.05, 3.63) is 23.5 Å². The third kappa shape index (κ3) is 2.06. The van der Waals surface area contributed by atoms with Crippen LogP contribution in [0.4, 0.5) is 15.8 Å². The van der Waals surface area contributed by atoms with E-state index in [0.717, 1.165) is 18.9 Å². The van der Waals surface area contributed by atoms with Gasteiger partial charge in [-0.2, -0.15) is 0 Å². The van der Waals surface area contributed by atoms with Gasteiger partial charge >= 0.3 is 0 Å². The van der Waals surface area contributed by atoms with Crippen molar-refractivity contribution in [2.45, 2.75) is 18.9 Å². The van der Waals surface area contributed by atoms with E-state index < -0.39 is 17.5 Å². The molecule has 6 heteroatoms. The first-order valence-electron chi connectivity index (χ1n) is 6.54. The molecule has 1 aromatic carbocycles. The van der Waals surface area contributed by atoms with E-state index in [2.05, 4.69) is 5.32 Å². The maximum absolute atomic E-state index is 14.1. The van der Waals surface area contributed by atoms with Crippen molar-refractivity contribution in [2.24, 2.45) is 5.92 Å². The summed E-state index contributed by atoms with van der Waals surface area (Å²) in [5, 5.41) is 11.7. The maximum atomic E-state index is 14.1.